The summed E-state index contributed by atoms with van der Waals surface area (Å²) < 4.78 is 13.1. The molecule has 1 aliphatic rings. The summed E-state index contributed by atoms with van der Waals surface area (Å²) in [6.07, 6.45) is 6.00. The maximum absolute atomic E-state index is 5.90. The van der Waals surface area contributed by atoms with Crippen molar-refractivity contribution in [1.29, 1.82) is 0 Å². The van der Waals surface area contributed by atoms with Crippen LogP contribution in [0.2, 0.25) is 0 Å². The predicted molar refractivity (Wildman–Crippen MR) is 126 cm³/mol. The third-order valence-corrected chi connectivity index (χ3v) is 5.82. The summed E-state index contributed by atoms with van der Waals surface area (Å²) >= 11 is 0. The molecule has 32 heavy (non-hydrogen) atoms. The molecule has 4 N–H and O–H groups in total. The molecule has 0 bridgehead atoms. The molecule has 0 radical (unpaired) electrons. The summed E-state index contributed by atoms with van der Waals surface area (Å²) in [6.45, 7) is 6.02. The fourth-order valence-corrected chi connectivity index (χ4v) is 4.00. The summed E-state index contributed by atoms with van der Waals surface area (Å²) in [5.41, 5.74) is 9.72. The van der Waals surface area contributed by atoms with Gasteiger partial charge in [0.25, 0.3) is 0 Å². The first-order chi connectivity index (χ1) is 15.7. The molecule has 172 valence electrons. The number of benzene rings is 1. The van der Waals surface area contributed by atoms with Gasteiger partial charge in [-0.1, -0.05) is 25.5 Å². The summed E-state index contributed by atoms with van der Waals surface area (Å²) in [7, 11) is 1.71. The number of hydrogen-bond acceptors (Lipinski definition) is 8. The normalized spacial score (nSPS) is 14.7. The van der Waals surface area contributed by atoms with E-state index >= 15 is 0 Å². The highest BCUT2D eigenvalue weighted by atomic mass is 16.5. The van der Waals surface area contributed by atoms with Crippen LogP contribution < -0.4 is 21.1 Å². The Morgan fingerprint density at radius 3 is 2.88 bits per heavy atom. The predicted octanol–water partition coefficient (Wildman–Crippen LogP) is 2.95. The van der Waals surface area contributed by atoms with Gasteiger partial charge in [-0.05, 0) is 30.9 Å². The highest BCUT2D eigenvalue weighted by Gasteiger charge is 2.16. The average molecular weight is 440 g/mol. The maximum Gasteiger partial charge on any atom is 0.222 e. The molecule has 4 rings (SSSR count). The molecule has 1 saturated heterocycles. The second-order valence-electron chi connectivity index (χ2n) is 8.16. The van der Waals surface area contributed by atoms with Gasteiger partial charge in [0.15, 0.2) is 5.82 Å². The Kier molecular flexibility index (Phi) is 7.39. The molecular formula is C23H33N7O2. The largest absolute Gasteiger partial charge is 0.496 e. The van der Waals surface area contributed by atoms with Crippen molar-refractivity contribution in [1.82, 2.24) is 25.1 Å². The standard InChI is InChI=1S/C23H33N7O2/c1-3-4-9-25-22-21-19(28-23(24)29-22)14-27-30(21)15-17-6-5-16(12-20(17)31-2)13-26-18-7-10-32-11-8-18/h5-6,12,14,18,26H,3-4,7-11,13,15H2,1-2H3,(H3,24,25,28,29). The molecule has 3 heterocycles. The molecular weight excluding hydrogens is 406 g/mol. The first-order valence-electron chi connectivity index (χ1n) is 11.4. The number of aromatic nitrogens is 4. The Balaban J connectivity index is 1.52. The van der Waals surface area contributed by atoms with Gasteiger partial charge in [-0.2, -0.15) is 10.1 Å². The quantitative estimate of drug-likeness (QED) is 0.414. The van der Waals surface area contributed by atoms with E-state index in [9.17, 15) is 0 Å². The van der Waals surface area contributed by atoms with Gasteiger partial charge in [0.2, 0.25) is 5.95 Å². The van der Waals surface area contributed by atoms with Crippen molar-refractivity contribution in [3.63, 3.8) is 0 Å². The summed E-state index contributed by atoms with van der Waals surface area (Å²) in [6, 6.07) is 6.86. The van der Waals surface area contributed by atoms with Crippen LogP contribution in [0.25, 0.3) is 11.0 Å². The number of nitrogens with two attached hydrogens (primary N) is 1. The minimum atomic E-state index is 0.245. The van der Waals surface area contributed by atoms with Gasteiger partial charge in [0, 0.05) is 37.9 Å². The second-order valence-corrected chi connectivity index (χ2v) is 8.16. The first kappa shape index (κ1) is 22.3. The van der Waals surface area contributed by atoms with Crippen LogP contribution in [-0.2, 0) is 17.8 Å². The summed E-state index contributed by atoms with van der Waals surface area (Å²) in [5, 5.41) is 11.6. The van der Waals surface area contributed by atoms with Gasteiger partial charge in [0.1, 0.15) is 16.8 Å². The number of anilines is 2. The molecule has 2 aromatic heterocycles. The van der Waals surface area contributed by atoms with Crippen LogP contribution >= 0.6 is 0 Å². The number of nitrogen functional groups attached to an aromatic ring is 1. The van der Waals surface area contributed by atoms with Crippen LogP contribution in [0.1, 0.15) is 43.7 Å². The summed E-state index contributed by atoms with van der Waals surface area (Å²) in [4.78, 5) is 8.77. The number of ether oxygens (including phenoxy) is 2. The van der Waals surface area contributed by atoms with Crippen LogP contribution in [0.4, 0.5) is 11.8 Å². The molecule has 3 aromatic rings. The molecule has 0 spiro atoms. The van der Waals surface area contributed by atoms with E-state index < -0.39 is 0 Å². The molecule has 9 heteroatoms. The van der Waals surface area contributed by atoms with Crippen molar-refractivity contribution in [3.05, 3.63) is 35.5 Å². The van der Waals surface area contributed by atoms with E-state index in [0.29, 0.717) is 12.6 Å². The van der Waals surface area contributed by atoms with Crippen LogP contribution in [-0.4, -0.2) is 52.7 Å². The van der Waals surface area contributed by atoms with Crippen molar-refractivity contribution in [2.24, 2.45) is 0 Å². The Hall–Kier alpha value is -2.91. The van der Waals surface area contributed by atoms with Gasteiger partial charge in [-0.25, -0.2) is 4.98 Å². The highest BCUT2D eigenvalue weighted by molar-refractivity contribution is 5.86. The molecule has 1 aromatic carbocycles. The minimum absolute atomic E-state index is 0.245. The lowest BCUT2D eigenvalue weighted by Crippen LogP contribution is -2.34. The lowest BCUT2D eigenvalue weighted by Gasteiger charge is -2.23. The molecule has 0 atom stereocenters. The molecule has 0 amide bonds. The molecule has 1 fully saturated rings. The Morgan fingerprint density at radius 2 is 2.09 bits per heavy atom. The van der Waals surface area contributed by atoms with Crippen molar-refractivity contribution in [2.75, 3.05) is 37.9 Å². The number of rotatable bonds is 10. The Bertz CT molecular complexity index is 1030. The third kappa shape index (κ3) is 5.28. The summed E-state index contributed by atoms with van der Waals surface area (Å²) in [5.74, 6) is 1.81. The fraction of sp³-hybridized carbons (Fsp3) is 0.522. The Labute approximate surface area is 188 Å². The van der Waals surface area contributed by atoms with E-state index in [0.717, 1.165) is 80.2 Å². The number of methoxy groups -OCH3 is 1. The lowest BCUT2D eigenvalue weighted by molar-refractivity contribution is 0.0776. The zero-order chi connectivity index (χ0) is 22.3. The molecule has 1 aliphatic heterocycles. The number of hydrogen-bond donors (Lipinski definition) is 3. The highest BCUT2D eigenvalue weighted by Crippen LogP contribution is 2.26. The molecule has 0 unspecified atom stereocenters. The monoisotopic (exact) mass is 439 g/mol. The first-order valence-corrected chi connectivity index (χ1v) is 11.4. The lowest BCUT2D eigenvalue weighted by atomic mass is 10.1. The smallest absolute Gasteiger partial charge is 0.222 e. The van der Waals surface area contributed by atoms with Crippen molar-refractivity contribution in [2.45, 2.75) is 51.7 Å². The van der Waals surface area contributed by atoms with Crippen LogP contribution in [0.15, 0.2) is 24.4 Å². The van der Waals surface area contributed by atoms with E-state index in [1.54, 1.807) is 13.3 Å². The van der Waals surface area contributed by atoms with Gasteiger partial charge < -0.3 is 25.8 Å². The molecule has 0 aliphatic carbocycles. The second kappa shape index (κ2) is 10.6. The molecule has 0 saturated carbocycles. The number of unbranched alkanes of at least 4 members (excludes halogenated alkanes) is 1. The van der Waals surface area contributed by atoms with E-state index in [-0.39, 0.29) is 5.95 Å². The number of fused-ring (bicyclic) bond motifs is 1. The van der Waals surface area contributed by atoms with E-state index in [4.69, 9.17) is 15.2 Å². The van der Waals surface area contributed by atoms with E-state index in [1.165, 1.54) is 5.56 Å². The van der Waals surface area contributed by atoms with E-state index in [2.05, 4.69) is 50.8 Å². The van der Waals surface area contributed by atoms with Crippen LogP contribution in [0.5, 0.6) is 5.75 Å². The van der Waals surface area contributed by atoms with Gasteiger partial charge in [-0.3, -0.25) is 4.68 Å². The molecule has 9 nitrogen and oxygen atoms in total. The topological polar surface area (TPSA) is 112 Å². The third-order valence-electron chi connectivity index (χ3n) is 5.82. The van der Waals surface area contributed by atoms with Gasteiger partial charge in [-0.15, -0.1) is 0 Å². The fourth-order valence-electron chi connectivity index (χ4n) is 4.00. The van der Waals surface area contributed by atoms with Gasteiger partial charge in [0.05, 0.1) is 19.9 Å². The number of nitrogens with one attached hydrogen (secondary N) is 2. The van der Waals surface area contributed by atoms with E-state index in [1.807, 2.05) is 4.68 Å². The SMILES string of the molecule is CCCCNc1nc(N)nc2cnn(Cc3ccc(CNC4CCOCC4)cc3OC)c12. The zero-order valence-corrected chi connectivity index (χ0v) is 18.9. The van der Waals surface area contributed by atoms with Gasteiger partial charge >= 0.3 is 0 Å². The van der Waals surface area contributed by atoms with Crippen molar-refractivity contribution < 1.29 is 9.47 Å². The zero-order valence-electron chi connectivity index (χ0n) is 18.9. The van der Waals surface area contributed by atoms with Crippen molar-refractivity contribution in [3.8, 4) is 5.75 Å². The van der Waals surface area contributed by atoms with Crippen molar-refractivity contribution >= 4 is 22.8 Å². The van der Waals surface area contributed by atoms with Crippen LogP contribution in [0, 0.1) is 0 Å². The minimum Gasteiger partial charge on any atom is -0.496 e. The Morgan fingerprint density at radius 1 is 1.25 bits per heavy atom. The van der Waals surface area contributed by atoms with Crippen LogP contribution in [0.3, 0.4) is 0 Å². The number of nitrogens with zero attached hydrogens (tertiary/aromatic N) is 4. The average Bonchev–Trinajstić information content (AvgIpc) is 3.21. The maximum atomic E-state index is 5.90.